The SMILES string of the molecule is CCCCCCN(S(=O)(=O)C(F)(F)F)S(=O)(=O)C(F)(F)F. The largest absolute Gasteiger partial charge is 0.512 e. The molecule has 128 valence electrons. The molecule has 0 amide bonds. The van der Waals surface area contributed by atoms with Gasteiger partial charge in [-0.05, 0) is 6.42 Å². The van der Waals surface area contributed by atoms with Crippen LogP contribution < -0.4 is 0 Å². The monoisotopic (exact) mass is 365 g/mol. The average Bonchev–Trinajstić information content (AvgIpc) is 2.25. The molecule has 0 radical (unpaired) electrons. The van der Waals surface area contributed by atoms with Gasteiger partial charge in [0.1, 0.15) is 0 Å². The first-order valence-corrected chi connectivity index (χ1v) is 8.48. The Morgan fingerprint density at radius 1 is 0.762 bits per heavy atom. The first-order chi connectivity index (χ1) is 9.19. The predicted molar refractivity (Wildman–Crippen MR) is 60.8 cm³/mol. The quantitative estimate of drug-likeness (QED) is 0.514. The van der Waals surface area contributed by atoms with Gasteiger partial charge >= 0.3 is 31.1 Å². The normalized spacial score (nSPS) is 14.7. The van der Waals surface area contributed by atoms with Crippen molar-refractivity contribution in [2.75, 3.05) is 6.54 Å². The molecule has 0 spiro atoms. The molecule has 0 aromatic rings. The standard InChI is InChI=1S/C8H13F6NO4S2/c1-2-3-4-5-6-15(20(16,17)7(9,10)11)21(18,19)8(12,13)14/h2-6H2,1H3. The molecule has 0 N–H and O–H groups in total. The van der Waals surface area contributed by atoms with Crippen LogP contribution in [0.25, 0.3) is 0 Å². The molecule has 0 atom stereocenters. The molecule has 0 aromatic carbocycles. The third-order valence-corrected chi connectivity index (χ3v) is 6.10. The molecule has 0 fully saturated rings. The molecular formula is C8H13F6NO4S2. The highest BCUT2D eigenvalue weighted by Crippen LogP contribution is 2.35. The number of nitrogens with zero attached hydrogens (tertiary/aromatic N) is 1. The van der Waals surface area contributed by atoms with Crippen molar-refractivity contribution in [3.63, 3.8) is 0 Å². The zero-order valence-electron chi connectivity index (χ0n) is 10.7. The van der Waals surface area contributed by atoms with Gasteiger partial charge in [-0.25, -0.2) is 16.8 Å². The van der Waals surface area contributed by atoms with E-state index in [1.54, 1.807) is 6.92 Å². The zero-order chi connectivity index (χ0) is 17.1. The van der Waals surface area contributed by atoms with E-state index in [2.05, 4.69) is 0 Å². The Bertz CT molecular complexity index is 492. The Morgan fingerprint density at radius 3 is 1.43 bits per heavy atom. The Morgan fingerprint density at radius 2 is 1.14 bits per heavy atom. The summed E-state index contributed by atoms with van der Waals surface area (Å²) in [6.45, 7) is 0.278. The highest BCUT2D eigenvalue weighted by molar-refractivity contribution is 8.04. The molecule has 5 nitrogen and oxygen atoms in total. The van der Waals surface area contributed by atoms with Gasteiger partial charge in [0, 0.05) is 6.54 Å². The highest BCUT2D eigenvalue weighted by atomic mass is 32.3. The number of sulfonamides is 2. The number of unbranched alkanes of at least 4 members (excludes halogenated alkanes) is 3. The summed E-state index contributed by atoms with van der Waals surface area (Å²) in [5.41, 5.74) is -12.3. The molecule has 0 saturated heterocycles. The maximum Gasteiger partial charge on any atom is 0.512 e. The minimum Gasteiger partial charge on any atom is -0.202 e. The summed E-state index contributed by atoms with van der Waals surface area (Å²) in [6.07, 6.45) is 0.621. The second-order valence-electron chi connectivity index (χ2n) is 3.96. The Kier molecular flexibility index (Phi) is 6.51. The summed E-state index contributed by atoms with van der Waals surface area (Å²) in [5, 5.41) is 0. The van der Waals surface area contributed by atoms with Crippen molar-refractivity contribution in [3.8, 4) is 0 Å². The van der Waals surface area contributed by atoms with Crippen LogP contribution in [0.4, 0.5) is 26.3 Å². The van der Waals surface area contributed by atoms with Crippen molar-refractivity contribution in [2.45, 2.75) is 43.6 Å². The van der Waals surface area contributed by atoms with Crippen LogP contribution in [-0.2, 0) is 20.0 Å². The molecule has 0 aliphatic carbocycles. The van der Waals surface area contributed by atoms with Crippen LogP contribution in [0.2, 0.25) is 0 Å². The van der Waals surface area contributed by atoms with Crippen molar-refractivity contribution in [3.05, 3.63) is 0 Å². The third-order valence-electron chi connectivity index (χ3n) is 2.32. The molecule has 0 bridgehead atoms. The number of alkyl halides is 6. The Hall–Kier alpha value is -0.560. The van der Waals surface area contributed by atoms with Crippen LogP contribution >= 0.6 is 0 Å². The summed E-state index contributed by atoms with van der Waals surface area (Å²) in [4.78, 5) is 0. The lowest BCUT2D eigenvalue weighted by Crippen LogP contribution is -2.49. The minimum absolute atomic E-state index is 0.0910. The first kappa shape index (κ1) is 20.4. The second-order valence-corrected chi connectivity index (χ2v) is 7.90. The van der Waals surface area contributed by atoms with E-state index in [4.69, 9.17) is 0 Å². The van der Waals surface area contributed by atoms with E-state index < -0.39 is 47.7 Å². The zero-order valence-corrected chi connectivity index (χ0v) is 12.3. The average molecular weight is 365 g/mol. The lowest BCUT2D eigenvalue weighted by atomic mass is 10.2. The fourth-order valence-corrected chi connectivity index (χ4v) is 4.01. The molecule has 0 rings (SSSR count). The smallest absolute Gasteiger partial charge is 0.202 e. The van der Waals surface area contributed by atoms with E-state index in [1.165, 1.54) is 0 Å². The van der Waals surface area contributed by atoms with Gasteiger partial charge in [0.2, 0.25) is 0 Å². The van der Waals surface area contributed by atoms with Crippen molar-refractivity contribution in [1.29, 1.82) is 0 Å². The molecule has 0 aliphatic heterocycles. The van der Waals surface area contributed by atoms with Gasteiger partial charge in [0.25, 0.3) is 0 Å². The fraction of sp³-hybridized carbons (Fsp3) is 1.00. The minimum atomic E-state index is -6.64. The van der Waals surface area contributed by atoms with Crippen LogP contribution in [0.3, 0.4) is 0 Å². The lowest BCUT2D eigenvalue weighted by molar-refractivity contribution is -0.0531. The highest BCUT2D eigenvalue weighted by Gasteiger charge is 2.61. The molecule has 0 saturated carbocycles. The summed E-state index contributed by atoms with van der Waals surface area (Å²) in [6, 6.07) is 0. The summed E-state index contributed by atoms with van der Waals surface area (Å²) in [5.74, 6) is 0. The number of hydrogen-bond acceptors (Lipinski definition) is 4. The molecule has 0 aromatic heterocycles. The molecule has 13 heteroatoms. The van der Waals surface area contributed by atoms with E-state index in [0.717, 1.165) is 0 Å². The second kappa shape index (κ2) is 6.69. The van der Waals surface area contributed by atoms with Gasteiger partial charge in [0.15, 0.2) is 0 Å². The molecule has 21 heavy (non-hydrogen) atoms. The Labute approximate surface area is 118 Å². The summed E-state index contributed by atoms with van der Waals surface area (Å²) < 4.78 is 117. The molecular weight excluding hydrogens is 352 g/mol. The van der Waals surface area contributed by atoms with Crippen LogP contribution in [0.1, 0.15) is 32.6 Å². The van der Waals surface area contributed by atoms with Crippen molar-refractivity contribution < 1.29 is 43.2 Å². The van der Waals surface area contributed by atoms with Crippen molar-refractivity contribution >= 4 is 20.0 Å². The maximum absolute atomic E-state index is 12.3. The molecule has 0 heterocycles. The fourth-order valence-electron chi connectivity index (χ4n) is 1.27. The van der Waals surface area contributed by atoms with E-state index in [9.17, 15) is 43.2 Å². The van der Waals surface area contributed by atoms with Gasteiger partial charge < -0.3 is 0 Å². The van der Waals surface area contributed by atoms with Gasteiger partial charge in [-0.2, -0.15) is 26.3 Å². The van der Waals surface area contributed by atoms with E-state index in [0.29, 0.717) is 12.8 Å². The summed E-state index contributed by atoms with van der Waals surface area (Å²) >= 11 is 0. The van der Waals surface area contributed by atoms with Gasteiger partial charge in [-0.1, -0.05) is 29.9 Å². The summed E-state index contributed by atoms with van der Waals surface area (Å²) in [7, 11) is -13.3. The topological polar surface area (TPSA) is 71.5 Å². The molecule has 0 aliphatic rings. The van der Waals surface area contributed by atoms with Gasteiger partial charge in [-0.3, -0.25) is 0 Å². The van der Waals surface area contributed by atoms with Crippen LogP contribution in [0.5, 0.6) is 0 Å². The number of rotatable bonds is 7. The first-order valence-electron chi connectivity index (χ1n) is 5.60. The van der Waals surface area contributed by atoms with Gasteiger partial charge in [-0.15, -0.1) is 0 Å². The Balaban J connectivity index is 5.63. The lowest BCUT2D eigenvalue weighted by Gasteiger charge is -2.23. The number of hydrogen-bond donors (Lipinski definition) is 0. The van der Waals surface area contributed by atoms with Crippen LogP contribution in [0, 0.1) is 0 Å². The predicted octanol–water partition coefficient (Wildman–Crippen LogP) is 2.57. The number of halogens is 6. The van der Waals surface area contributed by atoms with E-state index in [-0.39, 0.29) is 6.42 Å². The third kappa shape index (κ3) is 4.71. The van der Waals surface area contributed by atoms with Crippen LogP contribution in [-0.4, -0.2) is 38.1 Å². The van der Waals surface area contributed by atoms with E-state index >= 15 is 0 Å². The molecule has 0 unspecified atom stereocenters. The van der Waals surface area contributed by atoms with Crippen molar-refractivity contribution in [1.82, 2.24) is 3.71 Å². The van der Waals surface area contributed by atoms with Gasteiger partial charge in [0.05, 0.1) is 0 Å². The maximum atomic E-state index is 12.3. The van der Waals surface area contributed by atoms with Crippen molar-refractivity contribution in [2.24, 2.45) is 0 Å². The van der Waals surface area contributed by atoms with Crippen LogP contribution in [0.15, 0.2) is 0 Å². The van der Waals surface area contributed by atoms with E-state index in [1.807, 2.05) is 0 Å².